The third kappa shape index (κ3) is 2.16. The predicted molar refractivity (Wildman–Crippen MR) is 69.1 cm³/mol. The van der Waals surface area contributed by atoms with Gasteiger partial charge in [-0.3, -0.25) is 4.79 Å². The summed E-state index contributed by atoms with van der Waals surface area (Å²) in [4.78, 5) is 12.3. The highest BCUT2D eigenvalue weighted by Gasteiger charge is 2.42. The van der Waals surface area contributed by atoms with E-state index in [1.165, 1.54) is 25.7 Å². The second-order valence-corrected chi connectivity index (χ2v) is 6.39. The Balaban J connectivity index is 1.57. The Morgan fingerprint density at radius 2 is 2.06 bits per heavy atom. The molecule has 3 rings (SSSR count). The van der Waals surface area contributed by atoms with Crippen molar-refractivity contribution in [1.82, 2.24) is 10.6 Å². The lowest BCUT2D eigenvalue weighted by Gasteiger charge is -2.41. The van der Waals surface area contributed by atoms with E-state index in [1.807, 2.05) is 0 Å². The van der Waals surface area contributed by atoms with Crippen LogP contribution in [0.2, 0.25) is 0 Å². The van der Waals surface area contributed by atoms with E-state index in [2.05, 4.69) is 10.6 Å². The Bertz CT molecular complexity index is 308. The van der Waals surface area contributed by atoms with Crippen molar-refractivity contribution >= 4 is 5.91 Å². The smallest absolute Gasteiger partial charge is 0.237 e. The fraction of sp³-hybridized carbons (Fsp3) is 0.929. The lowest BCUT2D eigenvalue weighted by molar-refractivity contribution is -0.126. The maximum atomic E-state index is 12.3. The van der Waals surface area contributed by atoms with E-state index in [4.69, 9.17) is 0 Å². The SMILES string of the molecule is O=C(NC1(CO)CCC1)C1CC2CCCCC2N1. The molecule has 0 radical (unpaired) electrons. The second-order valence-electron chi connectivity index (χ2n) is 6.39. The Labute approximate surface area is 109 Å². The van der Waals surface area contributed by atoms with Gasteiger partial charge in [-0.25, -0.2) is 0 Å². The third-order valence-electron chi connectivity index (χ3n) is 5.18. The molecular formula is C14H24N2O2. The zero-order chi connectivity index (χ0) is 12.6. The summed E-state index contributed by atoms with van der Waals surface area (Å²) in [7, 11) is 0. The average molecular weight is 252 g/mol. The van der Waals surface area contributed by atoms with Gasteiger partial charge in [0.15, 0.2) is 0 Å². The first-order valence-corrected chi connectivity index (χ1v) is 7.41. The Morgan fingerprint density at radius 1 is 1.28 bits per heavy atom. The first kappa shape index (κ1) is 12.4. The van der Waals surface area contributed by atoms with Gasteiger partial charge in [0.2, 0.25) is 5.91 Å². The van der Waals surface area contributed by atoms with E-state index in [0.717, 1.165) is 25.7 Å². The molecule has 1 amide bonds. The predicted octanol–water partition coefficient (Wildman–Crippen LogP) is 0.938. The molecule has 3 fully saturated rings. The van der Waals surface area contributed by atoms with E-state index >= 15 is 0 Å². The van der Waals surface area contributed by atoms with E-state index in [9.17, 15) is 9.90 Å². The number of amides is 1. The number of hydrogen-bond donors (Lipinski definition) is 3. The zero-order valence-electron chi connectivity index (χ0n) is 11.0. The minimum absolute atomic E-state index is 0.0258. The number of fused-ring (bicyclic) bond motifs is 1. The van der Waals surface area contributed by atoms with Gasteiger partial charge in [-0.1, -0.05) is 12.8 Å². The van der Waals surface area contributed by atoms with Crippen molar-refractivity contribution in [2.45, 2.75) is 69.0 Å². The van der Waals surface area contributed by atoms with Crippen LogP contribution < -0.4 is 10.6 Å². The maximum Gasteiger partial charge on any atom is 0.237 e. The standard InChI is InChI=1S/C14H24N2O2/c17-9-14(6-3-7-14)16-13(18)12-8-10-4-1-2-5-11(10)15-12/h10-12,15,17H,1-9H2,(H,16,18). The highest BCUT2D eigenvalue weighted by atomic mass is 16.3. The molecule has 2 saturated carbocycles. The van der Waals surface area contributed by atoms with Crippen molar-refractivity contribution in [3.8, 4) is 0 Å². The van der Waals surface area contributed by atoms with E-state index in [-0.39, 0.29) is 24.1 Å². The number of nitrogens with one attached hydrogen (secondary N) is 2. The molecule has 2 aliphatic carbocycles. The van der Waals surface area contributed by atoms with E-state index < -0.39 is 0 Å². The molecule has 0 aromatic carbocycles. The first-order chi connectivity index (χ1) is 8.72. The lowest BCUT2D eigenvalue weighted by atomic mass is 9.77. The van der Waals surface area contributed by atoms with Crippen LogP contribution in [0.1, 0.15) is 51.4 Å². The molecule has 3 aliphatic rings. The number of carbonyl (C=O) groups excluding carboxylic acids is 1. The summed E-state index contributed by atoms with van der Waals surface area (Å²) in [6, 6.07) is 0.531. The van der Waals surface area contributed by atoms with Gasteiger partial charge in [0, 0.05) is 6.04 Å². The van der Waals surface area contributed by atoms with Crippen molar-refractivity contribution in [3.05, 3.63) is 0 Å². The van der Waals surface area contributed by atoms with Crippen LogP contribution in [0, 0.1) is 5.92 Å². The summed E-state index contributed by atoms with van der Waals surface area (Å²) in [6.45, 7) is 0.0817. The van der Waals surface area contributed by atoms with Crippen LogP contribution in [0.5, 0.6) is 0 Å². The summed E-state index contributed by atoms with van der Waals surface area (Å²) >= 11 is 0. The molecule has 3 atom stereocenters. The maximum absolute atomic E-state index is 12.3. The topological polar surface area (TPSA) is 61.4 Å². The molecule has 4 nitrogen and oxygen atoms in total. The van der Waals surface area contributed by atoms with Crippen molar-refractivity contribution in [2.75, 3.05) is 6.61 Å². The van der Waals surface area contributed by atoms with Crippen LogP contribution in [0.4, 0.5) is 0 Å². The van der Waals surface area contributed by atoms with Gasteiger partial charge in [0.05, 0.1) is 18.2 Å². The van der Waals surface area contributed by atoms with Crippen LogP contribution in [-0.2, 0) is 4.79 Å². The molecule has 0 aromatic heterocycles. The Kier molecular flexibility index (Phi) is 3.32. The molecule has 102 valence electrons. The number of carbonyl (C=O) groups is 1. The quantitative estimate of drug-likeness (QED) is 0.700. The summed E-state index contributed by atoms with van der Waals surface area (Å²) in [5, 5.41) is 16.0. The van der Waals surface area contributed by atoms with Crippen molar-refractivity contribution in [1.29, 1.82) is 0 Å². The highest BCUT2D eigenvalue weighted by molar-refractivity contribution is 5.83. The summed E-state index contributed by atoms with van der Waals surface area (Å²) in [5.41, 5.74) is -0.299. The largest absolute Gasteiger partial charge is 0.394 e. The number of aliphatic hydroxyl groups is 1. The summed E-state index contributed by atoms with van der Waals surface area (Å²) in [6.07, 6.45) is 9.05. The van der Waals surface area contributed by atoms with Crippen LogP contribution in [0.3, 0.4) is 0 Å². The van der Waals surface area contributed by atoms with Gasteiger partial charge in [-0.15, -0.1) is 0 Å². The molecular weight excluding hydrogens is 228 g/mol. The molecule has 1 saturated heterocycles. The molecule has 0 spiro atoms. The van der Waals surface area contributed by atoms with Gasteiger partial charge < -0.3 is 15.7 Å². The van der Waals surface area contributed by atoms with Crippen LogP contribution in [0.15, 0.2) is 0 Å². The molecule has 0 aromatic rings. The fourth-order valence-corrected chi connectivity index (χ4v) is 3.80. The number of aliphatic hydroxyl groups excluding tert-OH is 1. The van der Waals surface area contributed by atoms with Crippen LogP contribution in [-0.4, -0.2) is 35.2 Å². The molecule has 18 heavy (non-hydrogen) atoms. The zero-order valence-corrected chi connectivity index (χ0v) is 11.0. The first-order valence-electron chi connectivity index (χ1n) is 7.41. The van der Waals surface area contributed by atoms with Crippen molar-refractivity contribution in [3.63, 3.8) is 0 Å². The van der Waals surface area contributed by atoms with Gasteiger partial charge in [0.25, 0.3) is 0 Å². The van der Waals surface area contributed by atoms with Gasteiger partial charge in [-0.05, 0) is 44.4 Å². The molecule has 1 aliphatic heterocycles. The normalized spacial score (nSPS) is 37.7. The fourth-order valence-electron chi connectivity index (χ4n) is 3.80. The molecule has 4 heteroatoms. The lowest BCUT2D eigenvalue weighted by Crippen LogP contribution is -2.59. The third-order valence-corrected chi connectivity index (χ3v) is 5.18. The van der Waals surface area contributed by atoms with Crippen molar-refractivity contribution in [2.24, 2.45) is 5.92 Å². The van der Waals surface area contributed by atoms with Gasteiger partial charge in [-0.2, -0.15) is 0 Å². The van der Waals surface area contributed by atoms with E-state index in [1.54, 1.807) is 0 Å². The Hall–Kier alpha value is -0.610. The Morgan fingerprint density at radius 3 is 2.67 bits per heavy atom. The summed E-state index contributed by atoms with van der Waals surface area (Å²) < 4.78 is 0. The highest BCUT2D eigenvalue weighted by Crippen LogP contribution is 2.35. The van der Waals surface area contributed by atoms with Crippen LogP contribution >= 0.6 is 0 Å². The minimum atomic E-state index is -0.299. The molecule has 3 unspecified atom stereocenters. The van der Waals surface area contributed by atoms with E-state index in [0.29, 0.717) is 12.0 Å². The average Bonchev–Trinajstić information content (AvgIpc) is 2.77. The van der Waals surface area contributed by atoms with Crippen LogP contribution in [0.25, 0.3) is 0 Å². The number of hydrogen-bond acceptors (Lipinski definition) is 3. The van der Waals surface area contributed by atoms with Gasteiger partial charge in [0.1, 0.15) is 0 Å². The number of rotatable bonds is 3. The second kappa shape index (κ2) is 4.82. The molecule has 1 heterocycles. The monoisotopic (exact) mass is 252 g/mol. The van der Waals surface area contributed by atoms with Crippen molar-refractivity contribution < 1.29 is 9.90 Å². The summed E-state index contributed by atoms with van der Waals surface area (Å²) in [5.74, 6) is 0.805. The molecule has 3 N–H and O–H groups in total. The van der Waals surface area contributed by atoms with Gasteiger partial charge >= 0.3 is 0 Å². The minimum Gasteiger partial charge on any atom is -0.394 e. The molecule has 0 bridgehead atoms.